The zero-order chi connectivity index (χ0) is 15.4. The van der Waals surface area contributed by atoms with Crippen LogP contribution in [0.25, 0.3) is 0 Å². The van der Waals surface area contributed by atoms with Crippen molar-refractivity contribution in [3.8, 4) is 5.75 Å². The molecule has 1 aromatic carbocycles. The van der Waals surface area contributed by atoms with Gasteiger partial charge in [0.2, 0.25) is 0 Å². The van der Waals surface area contributed by atoms with Crippen molar-refractivity contribution in [1.29, 1.82) is 0 Å². The molecule has 6 heteroatoms. The molecule has 0 aliphatic rings. The van der Waals surface area contributed by atoms with Crippen molar-refractivity contribution < 1.29 is 4.74 Å². The lowest BCUT2D eigenvalue weighted by atomic mass is 10.0. The zero-order valence-corrected chi connectivity index (χ0v) is 15.5. The third-order valence-electron chi connectivity index (χ3n) is 3.26. The quantitative estimate of drug-likeness (QED) is 0.769. The molecule has 0 bridgehead atoms. The molecule has 2 rings (SSSR count). The molecule has 114 valence electrons. The molecule has 4 nitrogen and oxygen atoms in total. The van der Waals surface area contributed by atoms with Gasteiger partial charge in [-0.1, -0.05) is 38.8 Å². The number of nitrogens with one attached hydrogen (secondary N) is 1. The summed E-state index contributed by atoms with van der Waals surface area (Å²) in [6, 6.07) is 6.29. The number of nitrogens with zero attached hydrogens (tertiary/aromatic N) is 2. The zero-order valence-electron chi connectivity index (χ0n) is 12.4. The Morgan fingerprint density at radius 3 is 2.43 bits per heavy atom. The predicted molar refractivity (Wildman–Crippen MR) is 91.8 cm³/mol. The first kappa shape index (κ1) is 16.5. The number of hydrogen-bond acceptors (Lipinski definition) is 3. The van der Waals surface area contributed by atoms with Crippen molar-refractivity contribution >= 4 is 31.9 Å². The van der Waals surface area contributed by atoms with Gasteiger partial charge in [-0.25, -0.2) is 0 Å². The molecule has 1 heterocycles. The Labute approximate surface area is 142 Å². The van der Waals surface area contributed by atoms with Gasteiger partial charge in [-0.2, -0.15) is 5.10 Å². The highest BCUT2D eigenvalue weighted by Gasteiger charge is 2.23. The third kappa shape index (κ3) is 3.67. The predicted octanol–water partition coefficient (Wildman–Crippen LogP) is 4.14. The van der Waals surface area contributed by atoms with Gasteiger partial charge in [-0.15, -0.1) is 0 Å². The van der Waals surface area contributed by atoms with Crippen LogP contribution in [0.3, 0.4) is 0 Å². The van der Waals surface area contributed by atoms with E-state index in [1.807, 2.05) is 10.7 Å². The monoisotopic (exact) mass is 415 g/mol. The minimum Gasteiger partial charge on any atom is -0.493 e. The summed E-state index contributed by atoms with van der Waals surface area (Å²) >= 11 is 7.11. The molecule has 0 saturated heterocycles. The van der Waals surface area contributed by atoms with Crippen LogP contribution in [0, 0.1) is 0 Å². The topological polar surface area (TPSA) is 39.1 Å². The SMILES string of the molecule is CCNC(c1cc(Br)cc(Br)c1)c1c(OC)cnn1CC. The van der Waals surface area contributed by atoms with Gasteiger partial charge in [0.05, 0.1) is 19.3 Å². The van der Waals surface area contributed by atoms with E-state index in [1.54, 1.807) is 13.3 Å². The first-order chi connectivity index (χ1) is 10.1. The molecule has 21 heavy (non-hydrogen) atoms. The van der Waals surface area contributed by atoms with Gasteiger partial charge in [0.15, 0.2) is 5.75 Å². The van der Waals surface area contributed by atoms with Gasteiger partial charge in [0, 0.05) is 15.5 Å². The van der Waals surface area contributed by atoms with Crippen LogP contribution in [0.1, 0.15) is 31.1 Å². The number of benzene rings is 1. The minimum atomic E-state index is 0.0289. The average Bonchev–Trinajstić information content (AvgIpc) is 2.86. The van der Waals surface area contributed by atoms with E-state index in [1.165, 1.54) is 0 Å². The van der Waals surface area contributed by atoms with Crippen LogP contribution in [0.2, 0.25) is 0 Å². The number of aromatic nitrogens is 2. The Morgan fingerprint density at radius 2 is 1.90 bits per heavy atom. The molecule has 0 fully saturated rings. The van der Waals surface area contributed by atoms with E-state index in [4.69, 9.17) is 4.74 Å². The summed E-state index contributed by atoms with van der Waals surface area (Å²) in [5, 5.41) is 7.93. The van der Waals surface area contributed by atoms with E-state index in [2.05, 4.69) is 68.3 Å². The fourth-order valence-electron chi connectivity index (χ4n) is 2.40. The summed E-state index contributed by atoms with van der Waals surface area (Å²) in [7, 11) is 1.68. The number of ether oxygens (including phenoxy) is 1. The highest BCUT2D eigenvalue weighted by Crippen LogP contribution is 2.33. The van der Waals surface area contributed by atoms with Crippen LogP contribution in [0.5, 0.6) is 5.75 Å². The summed E-state index contributed by atoms with van der Waals surface area (Å²) < 4.78 is 9.54. The Hall–Kier alpha value is -0.850. The van der Waals surface area contributed by atoms with Crippen molar-refractivity contribution in [2.75, 3.05) is 13.7 Å². The van der Waals surface area contributed by atoms with Crippen LogP contribution in [0.4, 0.5) is 0 Å². The van der Waals surface area contributed by atoms with Gasteiger partial charge in [0.25, 0.3) is 0 Å². The summed E-state index contributed by atoms with van der Waals surface area (Å²) in [6.45, 7) is 5.83. The lowest BCUT2D eigenvalue weighted by molar-refractivity contribution is 0.399. The fraction of sp³-hybridized carbons (Fsp3) is 0.400. The van der Waals surface area contributed by atoms with Crippen molar-refractivity contribution in [3.63, 3.8) is 0 Å². The maximum atomic E-state index is 5.49. The molecular weight excluding hydrogens is 398 g/mol. The Morgan fingerprint density at radius 1 is 1.24 bits per heavy atom. The lowest BCUT2D eigenvalue weighted by Gasteiger charge is -2.21. The molecule has 0 spiro atoms. The van der Waals surface area contributed by atoms with E-state index in [0.29, 0.717) is 0 Å². The largest absolute Gasteiger partial charge is 0.493 e. The van der Waals surface area contributed by atoms with E-state index in [0.717, 1.165) is 39.0 Å². The summed E-state index contributed by atoms with van der Waals surface area (Å²) in [5.74, 6) is 0.805. The van der Waals surface area contributed by atoms with Crippen molar-refractivity contribution in [2.24, 2.45) is 0 Å². The minimum absolute atomic E-state index is 0.0289. The van der Waals surface area contributed by atoms with Crippen LogP contribution >= 0.6 is 31.9 Å². The fourth-order valence-corrected chi connectivity index (χ4v) is 3.73. The number of hydrogen-bond donors (Lipinski definition) is 1. The smallest absolute Gasteiger partial charge is 0.161 e. The first-order valence-electron chi connectivity index (χ1n) is 6.89. The first-order valence-corrected chi connectivity index (χ1v) is 8.48. The van der Waals surface area contributed by atoms with Crippen molar-refractivity contribution in [1.82, 2.24) is 15.1 Å². The highest BCUT2D eigenvalue weighted by molar-refractivity contribution is 9.11. The molecule has 2 aromatic rings. The molecule has 1 unspecified atom stereocenters. The number of aryl methyl sites for hydroxylation is 1. The summed E-state index contributed by atoms with van der Waals surface area (Å²) in [6.07, 6.45) is 1.77. The van der Waals surface area contributed by atoms with Gasteiger partial charge in [-0.3, -0.25) is 4.68 Å². The van der Waals surface area contributed by atoms with Crippen LogP contribution in [0.15, 0.2) is 33.3 Å². The second-order valence-corrected chi connectivity index (χ2v) is 6.44. The number of rotatable bonds is 6. The van der Waals surface area contributed by atoms with Crippen LogP contribution < -0.4 is 10.1 Å². The third-order valence-corrected chi connectivity index (χ3v) is 4.18. The molecule has 1 aromatic heterocycles. The molecular formula is C15H19Br2N3O. The second kappa shape index (κ2) is 7.42. The number of halogens is 2. The normalized spacial score (nSPS) is 12.4. The summed E-state index contributed by atoms with van der Waals surface area (Å²) in [4.78, 5) is 0. The molecule has 1 N–H and O–H groups in total. The van der Waals surface area contributed by atoms with Gasteiger partial charge < -0.3 is 10.1 Å². The maximum absolute atomic E-state index is 5.49. The molecule has 0 amide bonds. The van der Waals surface area contributed by atoms with Crippen molar-refractivity contribution in [2.45, 2.75) is 26.4 Å². The maximum Gasteiger partial charge on any atom is 0.161 e. The lowest BCUT2D eigenvalue weighted by Crippen LogP contribution is -2.25. The van der Waals surface area contributed by atoms with Gasteiger partial charge >= 0.3 is 0 Å². The van der Waals surface area contributed by atoms with Gasteiger partial charge in [0.1, 0.15) is 5.69 Å². The standard InChI is InChI=1S/C15H19Br2N3O/c1-4-18-14(10-6-11(16)8-12(17)7-10)15-13(21-3)9-19-20(15)5-2/h6-9,14,18H,4-5H2,1-3H3. The molecule has 0 saturated carbocycles. The van der Waals surface area contributed by atoms with E-state index in [9.17, 15) is 0 Å². The van der Waals surface area contributed by atoms with Crippen LogP contribution in [-0.2, 0) is 6.54 Å². The molecule has 0 aliphatic carbocycles. The average molecular weight is 417 g/mol. The molecule has 0 radical (unpaired) electrons. The van der Waals surface area contributed by atoms with Crippen LogP contribution in [-0.4, -0.2) is 23.4 Å². The van der Waals surface area contributed by atoms with Gasteiger partial charge in [-0.05, 0) is 37.2 Å². The Bertz CT molecular complexity index is 571. The number of methoxy groups -OCH3 is 1. The highest BCUT2D eigenvalue weighted by atomic mass is 79.9. The second-order valence-electron chi connectivity index (χ2n) is 4.61. The van der Waals surface area contributed by atoms with E-state index >= 15 is 0 Å². The van der Waals surface area contributed by atoms with E-state index < -0.39 is 0 Å². The molecule has 0 aliphatic heterocycles. The molecule has 1 atom stereocenters. The van der Waals surface area contributed by atoms with Crippen molar-refractivity contribution in [3.05, 3.63) is 44.6 Å². The Balaban J connectivity index is 2.55. The summed E-state index contributed by atoms with van der Waals surface area (Å²) in [5.41, 5.74) is 2.21. The Kier molecular flexibility index (Phi) is 5.84. The van der Waals surface area contributed by atoms with E-state index in [-0.39, 0.29) is 6.04 Å².